The highest BCUT2D eigenvalue weighted by atomic mass is 16.5. The Bertz CT molecular complexity index is 431. The number of methoxy groups -OCH3 is 1. The first-order chi connectivity index (χ1) is 8.11. The fourth-order valence-corrected chi connectivity index (χ4v) is 1.98. The second-order valence-electron chi connectivity index (χ2n) is 4.53. The molecule has 0 amide bonds. The van der Waals surface area contributed by atoms with Crippen LogP contribution in [0.25, 0.3) is 0 Å². The molecule has 0 bridgehead atoms. The third-order valence-electron chi connectivity index (χ3n) is 3.15. The molecule has 1 saturated carbocycles. The first kappa shape index (κ1) is 11.8. The van der Waals surface area contributed by atoms with Crippen LogP contribution in [0.5, 0.6) is 5.75 Å². The van der Waals surface area contributed by atoms with Crippen LogP contribution in [-0.4, -0.2) is 24.7 Å². The van der Waals surface area contributed by atoms with Gasteiger partial charge in [-0.05, 0) is 37.0 Å². The summed E-state index contributed by atoms with van der Waals surface area (Å²) in [6, 6.07) is 5.91. The van der Waals surface area contributed by atoms with Crippen LogP contribution < -0.4 is 10.1 Å². The van der Waals surface area contributed by atoms with Gasteiger partial charge < -0.3 is 15.2 Å². The van der Waals surface area contributed by atoms with E-state index in [0.717, 1.165) is 23.4 Å². The Morgan fingerprint density at radius 3 is 2.94 bits per heavy atom. The number of ether oxygens (including phenoxy) is 1. The van der Waals surface area contributed by atoms with Crippen LogP contribution in [0.3, 0.4) is 0 Å². The molecule has 4 nitrogen and oxygen atoms in total. The van der Waals surface area contributed by atoms with Crippen molar-refractivity contribution in [3.8, 4) is 5.75 Å². The van der Waals surface area contributed by atoms with Gasteiger partial charge in [-0.1, -0.05) is 6.07 Å². The minimum Gasteiger partial charge on any atom is -0.495 e. The number of carbonyl (C=O) groups is 1. The number of nitrogens with one attached hydrogen (secondary N) is 1. The minimum absolute atomic E-state index is 0.168. The van der Waals surface area contributed by atoms with E-state index < -0.39 is 5.97 Å². The van der Waals surface area contributed by atoms with Crippen LogP contribution in [0.4, 0.5) is 5.69 Å². The maximum atomic E-state index is 10.7. The molecule has 2 atom stereocenters. The van der Waals surface area contributed by atoms with E-state index in [-0.39, 0.29) is 11.8 Å². The van der Waals surface area contributed by atoms with E-state index >= 15 is 0 Å². The van der Waals surface area contributed by atoms with Crippen molar-refractivity contribution in [2.75, 3.05) is 19.0 Å². The number of anilines is 1. The molecule has 1 aliphatic carbocycles. The summed E-state index contributed by atoms with van der Waals surface area (Å²) in [4.78, 5) is 10.7. The summed E-state index contributed by atoms with van der Waals surface area (Å²) in [6.45, 7) is 2.71. The first-order valence-corrected chi connectivity index (χ1v) is 5.73. The molecule has 4 heteroatoms. The van der Waals surface area contributed by atoms with Gasteiger partial charge in [0.15, 0.2) is 0 Å². The lowest BCUT2D eigenvalue weighted by molar-refractivity contribution is -0.138. The maximum absolute atomic E-state index is 10.7. The number of hydrogen-bond donors (Lipinski definition) is 2. The summed E-state index contributed by atoms with van der Waals surface area (Å²) >= 11 is 0. The van der Waals surface area contributed by atoms with Crippen LogP contribution in [-0.2, 0) is 4.79 Å². The molecule has 0 radical (unpaired) electrons. The Balaban J connectivity index is 1.95. The zero-order valence-electron chi connectivity index (χ0n) is 10.1. The molecule has 92 valence electrons. The summed E-state index contributed by atoms with van der Waals surface area (Å²) in [7, 11) is 1.63. The molecule has 0 aliphatic heterocycles. The van der Waals surface area contributed by atoms with Crippen molar-refractivity contribution in [3.63, 3.8) is 0 Å². The summed E-state index contributed by atoms with van der Waals surface area (Å²) in [5.74, 6) is 0.187. The normalized spacial score (nSPS) is 22.0. The average Bonchev–Trinajstić information content (AvgIpc) is 3.06. The second kappa shape index (κ2) is 4.65. The van der Waals surface area contributed by atoms with Crippen molar-refractivity contribution in [1.82, 2.24) is 0 Å². The smallest absolute Gasteiger partial charge is 0.306 e. The van der Waals surface area contributed by atoms with E-state index in [9.17, 15) is 4.79 Å². The number of aliphatic carboxylic acids is 1. The lowest BCUT2D eigenvalue weighted by Gasteiger charge is -2.11. The van der Waals surface area contributed by atoms with Crippen LogP contribution in [0.1, 0.15) is 12.0 Å². The molecule has 0 heterocycles. The minimum atomic E-state index is -0.687. The quantitative estimate of drug-likeness (QED) is 0.821. The lowest BCUT2D eigenvalue weighted by atomic mass is 10.2. The topological polar surface area (TPSA) is 58.6 Å². The molecule has 1 aromatic rings. The molecule has 17 heavy (non-hydrogen) atoms. The number of hydrogen-bond acceptors (Lipinski definition) is 3. The van der Waals surface area contributed by atoms with E-state index in [0.29, 0.717) is 6.54 Å². The van der Waals surface area contributed by atoms with E-state index in [4.69, 9.17) is 9.84 Å². The van der Waals surface area contributed by atoms with Crippen molar-refractivity contribution in [3.05, 3.63) is 23.8 Å². The number of carboxylic acid groups (broad SMARTS) is 1. The van der Waals surface area contributed by atoms with Crippen molar-refractivity contribution in [2.45, 2.75) is 13.3 Å². The SMILES string of the molecule is COc1ccc(C)cc1NCC1CC1C(=O)O. The molecule has 1 aromatic carbocycles. The molecule has 2 rings (SSSR count). The zero-order chi connectivity index (χ0) is 12.4. The van der Waals surface area contributed by atoms with Gasteiger partial charge in [0.1, 0.15) is 5.75 Å². The van der Waals surface area contributed by atoms with Crippen LogP contribution in [0, 0.1) is 18.8 Å². The predicted molar refractivity (Wildman–Crippen MR) is 65.5 cm³/mol. The van der Waals surface area contributed by atoms with Crippen molar-refractivity contribution >= 4 is 11.7 Å². The Kier molecular flexibility index (Phi) is 3.22. The predicted octanol–water partition coefficient (Wildman–Crippen LogP) is 2.14. The average molecular weight is 235 g/mol. The van der Waals surface area contributed by atoms with Gasteiger partial charge in [0.05, 0.1) is 18.7 Å². The number of carboxylic acids is 1. The molecule has 1 fully saturated rings. The number of benzene rings is 1. The Morgan fingerprint density at radius 1 is 1.59 bits per heavy atom. The van der Waals surface area contributed by atoms with Crippen LogP contribution in [0.15, 0.2) is 18.2 Å². The fraction of sp³-hybridized carbons (Fsp3) is 0.462. The van der Waals surface area contributed by atoms with E-state index in [1.165, 1.54) is 0 Å². The Hall–Kier alpha value is -1.71. The fourth-order valence-electron chi connectivity index (χ4n) is 1.98. The molecular weight excluding hydrogens is 218 g/mol. The van der Waals surface area contributed by atoms with Gasteiger partial charge in [-0.15, -0.1) is 0 Å². The first-order valence-electron chi connectivity index (χ1n) is 5.73. The summed E-state index contributed by atoms with van der Waals surface area (Å²) in [6.07, 6.45) is 0.774. The molecule has 2 unspecified atom stereocenters. The third-order valence-corrected chi connectivity index (χ3v) is 3.15. The third kappa shape index (κ3) is 2.70. The molecule has 0 saturated heterocycles. The van der Waals surface area contributed by atoms with E-state index in [2.05, 4.69) is 5.32 Å². The highest BCUT2D eigenvalue weighted by molar-refractivity contribution is 5.73. The second-order valence-corrected chi connectivity index (χ2v) is 4.53. The van der Waals surface area contributed by atoms with Crippen LogP contribution in [0.2, 0.25) is 0 Å². The monoisotopic (exact) mass is 235 g/mol. The van der Waals surface area contributed by atoms with Gasteiger partial charge in [0.2, 0.25) is 0 Å². The highest BCUT2D eigenvalue weighted by Crippen LogP contribution is 2.39. The summed E-state index contributed by atoms with van der Waals surface area (Å²) in [5, 5.41) is 12.1. The van der Waals surface area contributed by atoms with E-state index in [1.54, 1.807) is 7.11 Å². The molecule has 0 aromatic heterocycles. The van der Waals surface area contributed by atoms with Gasteiger partial charge in [0, 0.05) is 6.54 Å². The summed E-state index contributed by atoms with van der Waals surface area (Å²) in [5.41, 5.74) is 2.09. The van der Waals surface area contributed by atoms with Crippen molar-refractivity contribution < 1.29 is 14.6 Å². The largest absolute Gasteiger partial charge is 0.495 e. The maximum Gasteiger partial charge on any atom is 0.306 e. The molecule has 0 spiro atoms. The van der Waals surface area contributed by atoms with Gasteiger partial charge in [-0.2, -0.15) is 0 Å². The molecule has 1 aliphatic rings. The van der Waals surface area contributed by atoms with Gasteiger partial charge >= 0.3 is 5.97 Å². The summed E-state index contributed by atoms with van der Waals surface area (Å²) < 4.78 is 5.25. The highest BCUT2D eigenvalue weighted by Gasteiger charge is 2.42. The standard InChI is InChI=1S/C13H17NO3/c1-8-3-4-12(17-2)11(5-8)14-7-9-6-10(9)13(15)16/h3-5,9-10,14H,6-7H2,1-2H3,(H,15,16). The number of aryl methyl sites for hydroxylation is 1. The van der Waals surface area contributed by atoms with Crippen LogP contribution >= 0.6 is 0 Å². The van der Waals surface area contributed by atoms with Crippen molar-refractivity contribution in [2.24, 2.45) is 11.8 Å². The van der Waals surface area contributed by atoms with E-state index in [1.807, 2.05) is 25.1 Å². The Morgan fingerprint density at radius 2 is 2.35 bits per heavy atom. The van der Waals surface area contributed by atoms with Gasteiger partial charge in [-0.25, -0.2) is 0 Å². The Labute approximate surface area is 101 Å². The molecule has 2 N–H and O–H groups in total. The van der Waals surface area contributed by atoms with Gasteiger partial charge in [-0.3, -0.25) is 4.79 Å². The lowest BCUT2D eigenvalue weighted by Crippen LogP contribution is -2.09. The zero-order valence-corrected chi connectivity index (χ0v) is 10.1. The number of rotatable bonds is 5. The molecular formula is C13H17NO3. The van der Waals surface area contributed by atoms with Gasteiger partial charge in [0.25, 0.3) is 0 Å². The van der Waals surface area contributed by atoms with Crippen molar-refractivity contribution in [1.29, 1.82) is 0 Å².